The van der Waals surface area contributed by atoms with Gasteiger partial charge in [0.05, 0.1) is 38.7 Å². The molecule has 0 radical (unpaired) electrons. The van der Waals surface area contributed by atoms with E-state index in [4.69, 9.17) is 25.8 Å². The molecule has 156 valence electrons. The van der Waals surface area contributed by atoms with Crippen LogP contribution in [-0.4, -0.2) is 57.2 Å². The Balaban J connectivity index is 1.85. The predicted molar refractivity (Wildman–Crippen MR) is 113 cm³/mol. The number of nitrogens with zero attached hydrogens (tertiary/aromatic N) is 2. The standard InChI is InChI=1S/C22H21ClN2O5/c1-28-16-7-8-18(29-2)17(13-16)25-21(26)19(14-3-5-15(23)6-4-14)20(22(25)27)24-9-11-30-12-10-24/h3-8,13H,9-12H2,1-2H3. The molecule has 8 heteroatoms. The molecule has 2 heterocycles. The summed E-state index contributed by atoms with van der Waals surface area (Å²) in [6.07, 6.45) is 0. The third-order valence-electron chi connectivity index (χ3n) is 5.15. The Kier molecular flexibility index (Phi) is 5.65. The van der Waals surface area contributed by atoms with Crippen molar-refractivity contribution >= 4 is 34.7 Å². The summed E-state index contributed by atoms with van der Waals surface area (Å²) >= 11 is 6.03. The van der Waals surface area contributed by atoms with E-state index < -0.39 is 11.8 Å². The van der Waals surface area contributed by atoms with E-state index in [2.05, 4.69) is 0 Å². The number of hydrogen-bond acceptors (Lipinski definition) is 6. The van der Waals surface area contributed by atoms with Crippen LogP contribution in [0.3, 0.4) is 0 Å². The number of imide groups is 1. The van der Waals surface area contributed by atoms with Crippen molar-refractivity contribution in [1.29, 1.82) is 0 Å². The maximum absolute atomic E-state index is 13.6. The molecule has 1 saturated heterocycles. The van der Waals surface area contributed by atoms with Gasteiger partial charge in [0.25, 0.3) is 11.8 Å². The SMILES string of the molecule is COc1ccc(OC)c(N2C(=O)C(c3ccc(Cl)cc3)=C(N3CCOCC3)C2=O)c1. The zero-order chi connectivity index (χ0) is 21.3. The first-order chi connectivity index (χ1) is 14.5. The van der Waals surface area contributed by atoms with Gasteiger partial charge in [-0.15, -0.1) is 0 Å². The van der Waals surface area contributed by atoms with Crippen LogP contribution >= 0.6 is 11.6 Å². The normalized spacial score (nSPS) is 17.0. The first-order valence-electron chi connectivity index (χ1n) is 9.49. The molecule has 0 unspecified atom stereocenters. The average Bonchev–Trinajstić information content (AvgIpc) is 3.04. The molecule has 2 aliphatic heterocycles. The fourth-order valence-corrected chi connectivity index (χ4v) is 3.79. The summed E-state index contributed by atoms with van der Waals surface area (Å²) in [5, 5.41) is 0.551. The van der Waals surface area contributed by atoms with Crippen molar-refractivity contribution < 1.29 is 23.8 Å². The maximum Gasteiger partial charge on any atom is 0.282 e. The van der Waals surface area contributed by atoms with Crippen LogP contribution in [0, 0.1) is 0 Å². The first-order valence-corrected chi connectivity index (χ1v) is 9.86. The van der Waals surface area contributed by atoms with Crippen LogP contribution in [0.4, 0.5) is 5.69 Å². The van der Waals surface area contributed by atoms with Crippen LogP contribution in [0.15, 0.2) is 48.2 Å². The molecule has 30 heavy (non-hydrogen) atoms. The summed E-state index contributed by atoms with van der Waals surface area (Å²) in [6, 6.07) is 11.9. The number of hydrogen-bond donors (Lipinski definition) is 0. The van der Waals surface area contributed by atoms with Gasteiger partial charge < -0.3 is 19.1 Å². The molecule has 7 nitrogen and oxygen atoms in total. The summed E-state index contributed by atoms with van der Waals surface area (Å²) < 4.78 is 16.1. The van der Waals surface area contributed by atoms with Crippen molar-refractivity contribution in [3.8, 4) is 11.5 Å². The number of anilines is 1. The second-order valence-corrected chi connectivity index (χ2v) is 7.25. The summed E-state index contributed by atoms with van der Waals surface area (Å²) in [5.41, 5.74) is 1.66. The van der Waals surface area contributed by atoms with E-state index >= 15 is 0 Å². The zero-order valence-electron chi connectivity index (χ0n) is 16.7. The van der Waals surface area contributed by atoms with Gasteiger partial charge in [-0.3, -0.25) is 9.59 Å². The predicted octanol–water partition coefficient (Wildman–Crippen LogP) is 2.97. The molecule has 2 aliphatic rings. The van der Waals surface area contributed by atoms with Gasteiger partial charge in [0.2, 0.25) is 0 Å². The molecule has 2 aromatic rings. The van der Waals surface area contributed by atoms with Crippen LogP contribution in [-0.2, 0) is 14.3 Å². The lowest BCUT2D eigenvalue weighted by Gasteiger charge is -2.29. The molecule has 4 rings (SSSR count). The van der Waals surface area contributed by atoms with Crippen LogP contribution in [0.2, 0.25) is 5.02 Å². The minimum absolute atomic E-state index is 0.335. The van der Waals surface area contributed by atoms with Crippen molar-refractivity contribution in [2.24, 2.45) is 0 Å². The van der Waals surface area contributed by atoms with Crippen LogP contribution in [0.1, 0.15) is 5.56 Å². The Labute approximate surface area is 179 Å². The molecular formula is C22H21ClN2O5. The highest BCUT2D eigenvalue weighted by Crippen LogP contribution is 2.40. The Morgan fingerprint density at radius 1 is 0.933 bits per heavy atom. The lowest BCUT2D eigenvalue weighted by molar-refractivity contribution is -0.121. The Hall–Kier alpha value is -3.03. The lowest BCUT2D eigenvalue weighted by Crippen LogP contribution is -2.40. The molecule has 2 amide bonds. The van der Waals surface area contributed by atoms with Gasteiger partial charge in [-0.2, -0.15) is 0 Å². The number of ether oxygens (including phenoxy) is 3. The van der Waals surface area contributed by atoms with Gasteiger partial charge in [0, 0.05) is 24.2 Å². The molecule has 0 bridgehead atoms. The van der Waals surface area contributed by atoms with Crippen molar-refractivity contribution in [1.82, 2.24) is 4.90 Å². The largest absolute Gasteiger partial charge is 0.497 e. The zero-order valence-corrected chi connectivity index (χ0v) is 17.4. The van der Waals surface area contributed by atoms with Gasteiger partial charge in [0.15, 0.2) is 0 Å². The second kappa shape index (κ2) is 8.38. The van der Waals surface area contributed by atoms with Crippen LogP contribution in [0.5, 0.6) is 11.5 Å². The average molecular weight is 429 g/mol. The Morgan fingerprint density at radius 3 is 2.27 bits per heavy atom. The third kappa shape index (κ3) is 3.51. The van der Waals surface area contributed by atoms with E-state index in [-0.39, 0.29) is 0 Å². The molecule has 0 aliphatic carbocycles. The molecule has 2 aromatic carbocycles. The van der Waals surface area contributed by atoms with Crippen molar-refractivity contribution in [3.63, 3.8) is 0 Å². The van der Waals surface area contributed by atoms with E-state index in [1.807, 2.05) is 4.90 Å². The van der Waals surface area contributed by atoms with E-state index in [1.54, 1.807) is 42.5 Å². The minimum atomic E-state index is -0.421. The lowest BCUT2D eigenvalue weighted by atomic mass is 10.0. The number of rotatable bonds is 5. The number of benzene rings is 2. The Bertz CT molecular complexity index is 1010. The van der Waals surface area contributed by atoms with Crippen molar-refractivity contribution in [3.05, 3.63) is 58.7 Å². The molecule has 0 saturated carbocycles. The molecule has 0 atom stereocenters. The highest BCUT2D eigenvalue weighted by molar-refractivity contribution is 6.45. The van der Waals surface area contributed by atoms with Gasteiger partial charge in [-0.25, -0.2) is 4.90 Å². The summed E-state index contributed by atoms with van der Waals surface area (Å²) in [4.78, 5) is 30.2. The van der Waals surface area contributed by atoms with Gasteiger partial charge in [-0.1, -0.05) is 23.7 Å². The fraction of sp³-hybridized carbons (Fsp3) is 0.273. The summed E-state index contributed by atoms with van der Waals surface area (Å²) in [7, 11) is 3.02. The van der Waals surface area contributed by atoms with Crippen LogP contribution in [0.25, 0.3) is 5.57 Å². The number of morpholine rings is 1. The van der Waals surface area contributed by atoms with Crippen molar-refractivity contribution in [2.45, 2.75) is 0 Å². The smallest absolute Gasteiger partial charge is 0.282 e. The quantitative estimate of drug-likeness (QED) is 0.682. The number of amides is 2. The van der Waals surface area contributed by atoms with Gasteiger partial charge in [0.1, 0.15) is 17.2 Å². The highest BCUT2D eigenvalue weighted by Gasteiger charge is 2.43. The van der Waals surface area contributed by atoms with Gasteiger partial charge in [-0.05, 0) is 29.8 Å². The first kappa shape index (κ1) is 20.3. The van der Waals surface area contributed by atoms with E-state index in [0.717, 1.165) is 4.90 Å². The number of carbonyl (C=O) groups excluding carboxylic acids is 2. The number of halogens is 1. The molecule has 0 spiro atoms. The number of carbonyl (C=O) groups is 2. The Morgan fingerprint density at radius 2 is 1.63 bits per heavy atom. The minimum Gasteiger partial charge on any atom is -0.497 e. The molecule has 0 N–H and O–H groups in total. The molecular weight excluding hydrogens is 408 g/mol. The highest BCUT2D eigenvalue weighted by atomic mass is 35.5. The summed E-state index contributed by atoms with van der Waals surface area (Å²) in [5.74, 6) is 0.0872. The second-order valence-electron chi connectivity index (χ2n) is 6.81. The monoisotopic (exact) mass is 428 g/mol. The van der Waals surface area contributed by atoms with Crippen LogP contribution < -0.4 is 14.4 Å². The maximum atomic E-state index is 13.6. The number of methoxy groups -OCH3 is 2. The third-order valence-corrected chi connectivity index (χ3v) is 5.40. The fourth-order valence-electron chi connectivity index (χ4n) is 3.67. The van der Waals surface area contributed by atoms with Crippen molar-refractivity contribution in [2.75, 3.05) is 45.4 Å². The molecule has 0 aromatic heterocycles. The van der Waals surface area contributed by atoms with E-state index in [1.165, 1.54) is 14.2 Å². The molecule has 1 fully saturated rings. The van der Waals surface area contributed by atoms with E-state index in [0.29, 0.717) is 65.3 Å². The van der Waals surface area contributed by atoms with Gasteiger partial charge >= 0.3 is 0 Å². The van der Waals surface area contributed by atoms with E-state index in [9.17, 15) is 9.59 Å². The topological polar surface area (TPSA) is 68.3 Å². The summed E-state index contributed by atoms with van der Waals surface area (Å²) in [6.45, 7) is 2.02.